The average molecular weight is 488 g/mol. The van der Waals surface area contributed by atoms with E-state index < -0.39 is 0 Å². The molecule has 6 aromatic rings. The van der Waals surface area contributed by atoms with Crippen molar-refractivity contribution in [3.8, 4) is 44.5 Å². The third-order valence-electron chi connectivity index (χ3n) is 7.16. The van der Waals surface area contributed by atoms with Crippen LogP contribution >= 0.6 is 0 Å². The Morgan fingerprint density at radius 1 is 0.289 bits per heavy atom. The Labute approximate surface area is 225 Å². The van der Waals surface area contributed by atoms with E-state index in [1.807, 2.05) is 0 Å². The molecule has 0 aromatic heterocycles. The molecule has 38 heavy (non-hydrogen) atoms. The molecule has 0 bridgehead atoms. The third kappa shape index (κ3) is 4.87. The van der Waals surface area contributed by atoms with Crippen molar-refractivity contribution in [1.29, 1.82) is 0 Å². The summed E-state index contributed by atoms with van der Waals surface area (Å²) in [6, 6.07) is 56.1. The first kappa shape index (κ1) is 23.5. The smallest absolute Gasteiger partial charge is 0.0408 e. The molecule has 0 saturated heterocycles. The number of hydrogen-bond acceptors (Lipinski definition) is 1. The second-order valence-corrected chi connectivity index (χ2v) is 9.51. The van der Waals surface area contributed by atoms with Gasteiger partial charge in [-0.3, -0.25) is 0 Å². The van der Waals surface area contributed by atoms with Crippen LogP contribution in [-0.4, -0.2) is 7.05 Å². The summed E-state index contributed by atoms with van der Waals surface area (Å²) < 4.78 is 0. The molecule has 0 spiro atoms. The lowest BCUT2D eigenvalue weighted by Gasteiger charge is -2.20. The molecular weight excluding hydrogens is 458 g/mol. The molecule has 0 aliphatic heterocycles. The first-order valence-electron chi connectivity index (χ1n) is 13.0. The number of anilines is 2. The van der Waals surface area contributed by atoms with Crippen LogP contribution in [0.3, 0.4) is 0 Å². The molecule has 1 heteroatoms. The second-order valence-electron chi connectivity index (χ2n) is 9.51. The summed E-state index contributed by atoms with van der Waals surface area (Å²) in [6.07, 6.45) is 0. The van der Waals surface area contributed by atoms with E-state index in [0.29, 0.717) is 0 Å². The van der Waals surface area contributed by atoms with E-state index in [9.17, 15) is 0 Å². The Balaban J connectivity index is 1.20. The Kier molecular flexibility index (Phi) is 6.57. The molecule has 0 unspecified atom stereocenters. The van der Waals surface area contributed by atoms with Crippen molar-refractivity contribution in [3.05, 3.63) is 158 Å². The molecule has 0 radical (unpaired) electrons. The van der Waals surface area contributed by atoms with Crippen molar-refractivity contribution >= 4 is 11.4 Å². The zero-order valence-electron chi connectivity index (χ0n) is 21.5. The van der Waals surface area contributed by atoms with Crippen molar-refractivity contribution in [2.75, 3.05) is 11.9 Å². The quantitative estimate of drug-likeness (QED) is 0.226. The average Bonchev–Trinajstić information content (AvgIpc) is 3.02. The fourth-order valence-corrected chi connectivity index (χ4v) is 4.98. The molecule has 0 amide bonds. The minimum atomic E-state index is 1.16. The third-order valence-corrected chi connectivity index (χ3v) is 7.16. The first-order chi connectivity index (χ1) is 18.8. The number of hydrogen-bond donors (Lipinski definition) is 0. The summed E-state index contributed by atoms with van der Waals surface area (Å²) in [7, 11) is 2.12. The van der Waals surface area contributed by atoms with Crippen LogP contribution < -0.4 is 4.90 Å². The molecule has 0 aliphatic rings. The zero-order valence-corrected chi connectivity index (χ0v) is 21.5. The van der Waals surface area contributed by atoms with E-state index >= 15 is 0 Å². The van der Waals surface area contributed by atoms with Gasteiger partial charge in [-0.05, 0) is 68.8 Å². The highest BCUT2D eigenvalue weighted by Crippen LogP contribution is 2.34. The largest absolute Gasteiger partial charge is 0.345 e. The van der Waals surface area contributed by atoms with E-state index in [1.165, 1.54) is 44.5 Å². The Morgan fingerprint density at radius 3 is 1.03 bits per heavy atom. The summed E-state index contributed by atoms with van der Waals surface area (Å²) in [4.78, 5) is 2.23. The van der Waals surface area contributed by atoms with Gasteiger partial charge in [0.2, 0.25) is 0 Å². The van der Waals surface area contributed by atoms with Crippen LogP contribution in [0, 0.1) is 0 Å². The SMILES string of the molecule is CN(c1ccc(-c2ccc(-c3ccccc3)cc2)cc1)c1ccc(-c2ccccc2-c2ccccc2)cc1. The molecule has 0 aliphatic carbocycles. The molecule has 0 heterocycles. The zero-order chi connectivity index (χ0) is 25.7. The van der Waals surface area contributed by atoms with Crippen molar-refractivity contribution in [2.45, 2.75) is 0 Å². The Hall–Kier alpha value is -4.88. The van der Waals surface area contributed by atoms with E-state index in [2.05, 4.69) is 170 Å². The van der Waals surface area contributed by atoms with Gasteiger partial charge in [0.05, 0.1) is 0 Å². The fraction of sp³-hybridized carbons (Fsp3) is 0.0270. The lowest BCUT2D eigenvalue weighted by molar-refractivity contribution is 1.21. The molecule has 0 N–H and O–H groups in total. The van der Waals surface area contributed by atoms with Gasteiger partial charge in [0.25, 0.3) is 0 Å². The van der Waals surface area contributed by atoms with Gasteiger partial charge in [-0.2, -0.15) is 0 Å². The van der Waals surface area contributed by atoms with Crippen molar-refractivity contribution in [2.24, 2.45) is 0 Å². The molecule has 0 fully saturated rings. The summed E-state index contributed by atoms with van der Waals surface area (Å²) in [5.74, 6) is 0. The number of rotatable bonds is 6. The van der Waals surface area contributed by atoms with Crippen LogP contribution in [0.15, 0.2) is 158 Å². The van der Waals surface area contributed by atoms with Gasteiger partial charge < -0.3 is 4.90 Å². The van der Waals surface area contributed by atoms with Gasteiger partial charge in [0, 0.05) is 18.4 Å². The summed E-state index contributed by atoms with van der Waals surface area (Å²) in [6.45, 7) is 0. The highest BCUT2D eigenvalue weighted by molar-refractivity contribution is 5.84. The van der Waals surface area contributed by atoms with Gasteiger partial charge >= 0.3 is 0 Å². The van der Waals surface area contributed by atoms with Crippen LogP contribution in [0.2, 0.25) is 0 Å². The maximum Gasteiger partial charge on any atom is 0.0408 e. The maximum atomic E-state index is 2.23. The topological polar surface area (TPSA) is 3.24 Å². The predicted octanol–water partition coefficient (Wildman–Crippen LogP) is 10.1. The highest BCUT2D eigenvalue weighted by atomic mass is 15.1. The molecule has 0 saturated carbocycles. The van der Waals surface area contributed by atoms with Crippen LogP contribution in [0.1, 0.15) is 0 Å². The van der Waals surface area contributed by atoms with E-state index in [-0.39, 0.29) is 0 Å². The van der Waals surface area contributed by atoms with Gasteiger partial charge in [0.1, 0.15) is 0 Å². The lowest BCUT2D eigenvalue weighted by Crippen LogP contribution is -2.09. The lowest BCUT2D eigenvalue weighted by atomic mass is 9.94. The summed E-state index contributed by atoms with van der Waals surface area (Å²) >= 11 is 0. The number of nitrogens with zero attached hydrogens (tertiary/aromatic N) is 1. The first-order valence-corrected chi connectivity index (χ1v) is 13.0. The monoisotopic (exact) mass is 487 g/mol. The van der Waals surface area contributed by atoms with Gasteiger partial charge in [-0.1, -0.05) is 133 Å². The van der Waals surface area contributed by atoms with Crippen LogP contribution in [-0.2, 0) is 0 Å². The van der Waals surface area contributed by atoms with E-state index in [0.717, 1.165) is 11.4 Å². The normalized spacial score (nSPS) is 10.8. The standard InChI is InChI=1S/C37H29N/c1-38(34-24-20-31(21-25-34)30-18-16-29(17-19-30)28-10-4-2-5-11-28)35-26-22-33(23-27-35)37-15-9-8-14-36(37)32-12-6-3-7-13-32/h2-27H,1H3. The Morgan fingerprint density at radius 2 is 0.579 bits per heavy atom. The maximum absolute atomic E-state index is 2.23. The summed E-state index contributed by atoms with van der Waals surface area (Å²) in [5.41, 5.74) is 12.2. The van der Waals surface area contributed by atoms with Crippen molar-refractivity contribution in [3.63, 3.8) is 0 Å². The van der Waals surface area contributed by atoms with Gasteiger partial charge in [-0.25, -0.2) is 0 Å². The molecule has 182 valence electrons. The van der Waals surface area contributed by atoms with E-state index in [4.69, 9.17) is 0 Å². The predicted molar refractivity (Wildman–Crippen MR) is 163 cm³/mol. The van der Waals surface area contributed by atoms with Gasteiger partial charge in [-0.15, -0.1) is 0 Å². The van der Waals surface area contributed by atoms with Crippen molar-refractivity contribution in [1.82, 2.24) is 0 Å². The minimum absolute atomic E-state index is 1.16. The molecule has 6 aromatic carbocycles. The minimum Gasteiger partial charge on any atom is -0.345 e. The molecule has 0 atom stereocenters. The second kappa shape index (κ2) is 10.6. The van der Waals surface area contributed by atoms with Crippen LogP contribution in [0.4, 0.5) is 11.4 Å². The molecular formula is C37H29N. The molecule has 6 rings (SSSR count). The van der Waals surface area contributed by atoms with Crippen LogP contribution in [0.25, 0.3) is 44.5 Å². The summed E-state index contributed by atoms with van der Waals surface area (Å²) in [5, 5.41) is 0. The fourth-order valence-electron chi connectivity index (χ4n) is 4.98. The van der Waals surface area contributed by atoms with E-state index in [1.54, 1.807) is 0 Å². The Bertz CT molecular complexity index is 1620. The molecule has 1 nitrogen and oxygen atoms in total. The number of benzene rings is 6. The highest BCUT2D eigenvalue weighted by Gasteiger charge is 2.09. The van der Waals surface area contributed by atoms with Gasteiger partial charge in [0.15, 0.2) is 0 Å². The van der Waals surface area contributed by atoms with Crippen LogP contribution in [0.5, 0.6) is 0 Å². The van der Waals surface area contributed by atoms with Crippen molar-refractivity contribution < 1.29 is 0 Å².